The van der Waals surface area contributed by atoms with Crippen LogP contribution in [0.4, 0.5) is 17.3 Å². The first-order chi connectivity index (χ1) is 19.8. The molecule has 0 amide bonds. The Bertz CT molecular complexity index is 2280. The van der Waals surface area contributed by atoms with Gasteiger partial charge in [0.15, 0.2) is 5.58 Å². The number of aromatic nitrogens is 3. The average molecular weight is 513 g/mol. The first kappa shape index (κ1) is 21.4. The van der Waals surface area contributed by atoms with Crippen molar-refractivity contribution in [1.29, 1.82) is 0 Å². The summed E-state index contributed by atoms with van der Waals surface area (Å²) in [5.74, 6) is 0.595. The van der Waals surface area contributed by atoms with Crippen molar-refractivity contribution in [1.82, 2.24) is 15.0 Å². The Balaban J connectivity index is 1.46. The molecule has 0 spiro atoms. The zero-order valence-electron chi connectivity index (χ0n) is 21.2. The molecule has 5 nitrogen and oxygen atoms in total. The third-order valence-corrected chi connectivity index (χ3v) is 7.88. The van der Waals surface area contributed by atoms with Crippen molar-refractivity contribution >= 4 is 60.9 Å². The highest BCUT2D eigenvalue weighted by molar-refractivity contribution is 6.18. The van der Waals surface area contributed by atoms with Crippen LogP contribution >= 0.6 is 0 Å². The molecule has 0 atom stereocenters. The summed E-state index contributed by atoms with van der Waals surface area (Å²) in [6.45, 7) is 0. The molecule has 0 aliphatic carbocycles. The van der Waals surface area contributed by atoms with Gasteiger partial charge in [-0.3, -0.25) is 9.88 Å². The summed E-state index contributed by atoms with van der Waals surface area (Å²) in [6.07, 6.45) is 3.60. The summed E-state index contributed by atoms with van der Waals surface area (Å²) < 4.78 is 6.36. The lowest BCUT2D eigenvalue weighted by molar-refractivity contribution is 0.667. The number of fused-ring (bicyclic) bond motifs is 7. The van der Waals surface area contributed by atoms with E-state index in [9.17, 15) is 0 Å². The Morgan fingerprint density at radius 2 is 1.45 bits per heavy atom. The van der Waals surface area contributed by atoms with E-state index in [0.29, 0.717) is 11.5 Å². The predicted octanol–water partition coefficient (Wildman–Crippen LogP) is 9.19. The van der Waals surface area contributed by atoms with E-state index in [-0.39, 0.29) is 0 Å². The van der Waals surface area contributed by atoms with E-state index in [2.05, 4.69) is 88.7 Å². The number of para-hydroxylation sites is 1. The van der Waals surface area contributed by atoms with Crippen molar-refractivity contribution in [2.75, 3.05) is 4.90 Å². The van der Waals surface area contributed by atoms with Crippen molar-refractivity contribution in [3.05, 3.63) is 122 Å². The molecule has 0 saturated carbocycles. The molecule has 0 radical (unpaired) electrons. The van der Waals surface area contributed by atoms with Crippen LogP contribution in [0.3, 0.4) is 0 Å². The van der Waals surface area contributed by atoms with E-state index in [1.54, 1.807) is 6.20 Å². The normalized spacial score (nSPS) is 12.4. The molecular formula is C35H20N4O. The van der Waals surface area contributed by atoms with Crippen LogP contribution in [0.1, 0.15) is 0 Å². The van der Waals surface area contributed by atoms with Gasteiger partial charge in [0.1, 0.15) is 16.8 Å². The molecule has 0 saturated heterocycles. The van der Waals surface area contributed by atoms with E-state index in [1.165, 1.54) is 21.7 Å². The maximum Gasteiger partial charge on any atom is 0.236 e. The van der Waals surface area contributed by atoms with Gasteiger partial charge < -0.3 is 4.42 Å². The minimum absolute atomic E-state index is 0.595. The van der Waals surface area contributed by atoms with Crippen molar-refractivity contribution in [2.45, 2.75) is 0 Å². The van der Waals surface area contributed by atoms with Gasteiger partial charge in [-0.1, -0.05) is 78.9 Å². The Hall–Kier alpha value is -5.55. The molecule has 3 aromatic heterocycles. The summed E-state index contributed by atoms with van der Waals surface area (Å²) in [7, 11) is 0. The van der Waals surface area contributed by atoms with Crippen LogP contribution in [0.25, 0.3) is 66.0 Å². The Kier molecular flexibility index (Phi) is 4.27. The molecule has 186 valence electrons. The first-order valence-electron chi connectivity index (χ1n) is 13.3. The lowest BCUT2D eigenvalue weighted by Crippen LogP contribution is -2.18. The van der Waals surface area contributed by atoms with Crippen LogP contribution in [0.2, 0.25) is 0 Å². The van der Waals surface area contributed by atoms with Crippen LogP contribution in [0.15, 0.2) is 126 Å². The molecule has 0 unspecified atom stereocenters. The highest BCUT2D eigenvalue weighted by atomic mass is 16.3. The van der Waals surface area contributed by atoms with Crippen LogP contribution in [0, 0.1) is 0 Å². The average Bonchev–Trinajstić information content (AvgIpc) is 3.40. The van der Waals surface area contributed by atoms with Gasteiger partial charge in [0.2, 0.25) is 5.95 Å². The molecule has 40 heavy (non-hydrogen) atoms. The fourth-order valence-electron chi connectivity index (χ4n) is 6.15. The highest BCUT2D eigenvalue weighted by Crippen LogP contribution is 2.53. The van der Waals surface area contributed by atoms with Gasteiger partial charge in [0.05, 0.1) is 11.4 Å². The van der Waals surface area contributed by atoms with Gasteiger partial charge in [-0.05, 0) is 46.7 Å². The number of furan rings is 1. The zero-order chi connectivity index (χ0) is 26.2. The van der Waals surface area contributed by atoms with E-state index >= 15 is 0 Å². The largest absolute Gasteiger partial charge is 0.452 e. The van der Waals surface area contributed by atoms with E-state index in [0.717, 1.165) is 50.1 Å². The minimum atomic E-state index is 0.595. The van der Waals surface area contributed by atoms with Crippen LogP contribution in [0.5, 0.6) is 0 Å². The molecule has 1 aliphatic heterocycles. The lowest BCUT2D eigenvalue weighted by atomic mass is 9.89. The molecule has 0 N–H and O–H groups in total. The molecule has 0 fully saturated rings. The predicted molar refractivity (Wildman–Crippen MR) is 161 cm³/mol. The fraction of sp³-hybridized carbons (Fsp3) is 0. The number of hydrogen-bond acceptors (Lipinski definition) is 5. The second kappa shape index (κ2) is 7.98. The first-order valence-corrected chi connectivity index (χ1v) is 13.3. The number of pyridine rings is 1. The van der Waals surface area contributed by atoms with Gasteiger partial charge in [0, 0.05) is 39.7 Å². The molecule has 5 aromatic carbocycles. The van der Waals surface area contributed by atoms with Crippen molar-refractivity contribution < 1.29 is 4.42 Å². The van der Waals surface area contributed by atoms with Crippen LogP contribution in [-0.4, -0.2) is 15.0 Å². The zero-order valence-corrected chi connectivity index (χ0v) is 21.2. The third-order valence-electron chi connectivity index (χ3n) is 7.88. The number of rotatable bonds is 2. The third kappa shape index (κ3) is 2.89. The Labute approximate surface area is 229 Å². The summed E-state index contributed by atoms with van der Waals surface area (Å²) in [6, 6.07) is 37.9. The maximum absolute atomic E-state index is 6.36. The molecule has 5 heteroatoms. The van der Waals surface area contributed by atoms with Crippen LogP contribution < -0.4 is 4.90 Å². The number of anilines is 3. The van der Waals surface area contributed by atoms with E-state index in [1.807, 2.05) is 36.5 Å². The minimum Gasteiger partial charge on any atom is -0.452 e. The number of hydrogen-bond donors (Lipinski definition) is 0. The SMILES string of the molecule is c1cncc(-c2nc(N3c4c(ccc5ccccc45)-c4cccc5cccc3c45)nc3c2oc2ccccc23)c1. The standard InChI is InChI=1S/C35H20N4O/c1-2-12-24-21(8-1)17-18-26-25-14-5-9-22-10-6-15-28(30(22)25)39(33(24)26)35-37-31(23-11-7-19-36-20-23)34-32(38-35)27-13-3-4-16-29(27)40-34/h1-20H. The Morgan fingerprint density at radius 3 is 2.35 bits per heavy atom. The highest BCUT2D eigenvalue weighted by Gasteiger charge is 2.30. The van der Waals surface area contributed by atoms with Crippen molar-refractivity contribution in [3.63, 3.8) is 0 Å². The summed E-state index contributed by atoms with van der Waals surface area (Å²) in [5, 5.41) is 5.65. The molecule has 1 aliphatic rings. The topological polar surface area (TPSA) is 55.1 Å². The second-order valence-corrected chi connectivity index (χ2v) is 10.1. The number of nitrogens with zero attached hydrogens (tertiary/aromatic N) is 4. The fourth-order valence-corrected chi connectivity index (χ4v) is 6.15. The number of benzene rings is 5. The molecule has 9 rings (SSSR count). The molecule has 0 bridgehead atoms. The van der Waals surface area contributed by atoms with Gasteiger partial charge in [-0.25, -0.2) is 9.97 Å². The smallest absolute Gasteiger partial charge is 0.236 e. The summed E-state index contributed by atoms with van der Waals surface area (Å²) in [5.41, 5.74) is 8.33. The van der Waals surface area contributed by atoms with Gasteiger partial charge in [0.25, 0.3) is 0 Å². The molecular weight excluding hydrogens is 492 g/mol. The lowest BCUT2D eigenvalue weighted by Gasteiger charge is -2.33. The van der Waals surface area contributed by atoms with Gasteiger partial charge in [-0.15, -0.1) is 0 Å². The van der Waals surface area contributed by atoms with Crippen molar-refractivity contribution in [2.24, 2.45) is 0 Å². The maximum atomic E-state index is 6.36. The molecule has 4 heterocycles. The summed E-state index contributed by atoms with van der Waals surface area (Å²) >= 11 is 0. The molecule has 8 aromatic rings. The van der Waals surface area contributed by atoms with Gasteiger partial charge >= 0.3 is 0 Å². The van der Waals surface area contributed by atoms with Crippen LogP contribution in [-0.2, 0) is 0 Å². The Morgan fingerprint density at radius 1 is 0.625 bits per heavy atom. The van der Waals surface area contributed by atoms with Crippen molar-refractivity contribution in [3.8, 4) is 22.4 Å². The quantitative estimate of drug-likeness (QED) is 0.231. The monoisotopic (exact) mass is 512 g/mol. The summed E-state index contributed by atoms with van der Waals surface area (Å²) in [4.78, 5) is 17.1. The van der Waals surface area contributed by atoms with Gasteiger partial charge in [-0.2, -0.15) is 0 Å². The van der Waals surface area contributed by atoms with E-state index in [4.69, 9.17) is 14.4 Å². The second-order valence-electron chi connectivity index (χ2n) is 10.1. The van der Waals surface area contributed by atoms with E-state index < -0.39 is 0 Å².